The number of ketones is 1. The zero-order valence-electron chi connectivity index (χ0n) is 14.3. The molecule has 7 nitrogen and oxygen atoms in total. The number of rotatable bonds is 7. The molecule has 0 saturated carbocycles. The van der Waals surface area contributed by atoms with Gasteiger partial charge in [0.2, 0.25) is 11.7 Å². The second-order valence-electron chi connectivity index (χ2n) is 6.52. The smallest absolute Gasteiger partial charge is 0.220 e. The maximum absolute atomic E-state index is 12.2. The predicted octanol–water partition coefficient (Wildman–Crippen LogP) is 1.94. The van der Waals surface area contributed by atoms with Gasteiger partial charge in [0.25, 0.3) is 0 Å². The van der Waals surface area contributed by atoms with Crippen molar-refractivity contribution in [2.24, 2.45) is 11.8 Å². The fourth-order valence-corrected chi connectivity index (χ4v) is 3.24. The largest absolute Gasteiger partial charge is 0.467 e. The Kier molecular flexibility index (Phi) is 5.65. The molecule has 0 bridgehead atoms. The van der Waals surface area contributed by atoms with Gasteiger partial charge in [-0.2, -0.15) is 0 Å². The summed E-state index contributed by atoms with van der Waals surface area (Å²) in [6, 6.07) is 5.34. The van der Waals surface area contributed by atoms with E-state index in [0.717, 1.165) is 31.0 Å². The quantitative estimate of drug-likeness (QED) is 0.745. The third kappa shape index (κ3) is 4.79. The van der Waals surface area contributed by atoms with Gasteiger partial charge in [0.05, 0.1) is 18.5 Å². The molecule has 1 amide bonds. The third-order valence-corrected chi connectivity index (χ3v) is 4.63. The first-order chi connectivity index (χ1) is 12.1. The van der Waals surface area contributed by atoms with Crippen LogP contribution in [0.15, 0.2) is 33.4 Å². The fourth-order valence-electron chi connectivity index (χ4n) is 3.24. The molecule has 1 saturated heterocycles. The highest BCUT2D eigenvalue weighted by molar-refractivity contribution is 5.91. The maximum atomic E-state index is 12.2. The van der Waals surface area contributed by atoms with Gasteiger partial charge in [0.15, 0.2) is 5.78 Å². The Hall–Kier alpha value is -2.41. The molecule has 2 aromatic heterocycles. The van der Waals surface area contributed by atoms with E-state index in [1.165, 1.54) is 6.92 Å². The van der Waals surface area contributed by atoms with Gasteiger partial charge >= 0.3 is 0 Å². The van der Waals surface area contributed by atoms with E-state index in [1.807, 2.05) is 6.07 Å². The van der Waals surface area contributed by atoms with Gasteiger partial charge in [0.1, 0.15) is 5.76 Å². The van der Waals surface area contributed by atoms with Crippen LogP contribution in [0, 0.1) is 11.8 Å². The number of furan rings is 1. The zero-order valence-corrected chi connectivity index (χ0v) is 14.3. The topological polar surface area (TPSA) is 97.4 Å². The van der Waals surface area contributed by atoms with Crippen LogP contribution in [0.3, 0.4) is 0 Å². The number of hydrogen-bond donors (Lipinski definition) is 2. The predicted molar refractivity (Wildman–Crippen MR) is 89.8 cm³/mol. The minimum absolute atomic E-state index is 0.0258. The summed E-state index contributed by atoms with van der Waals surface area (Å²) >= 11 is 0. The lowest BCUT2D eigenvalue weighted by molar-refractivity contribution is -0.122. The van der Waals surface area contributed by atoms with Crippen molar-refractivity contribution in [3.05, 3.63) is 41.7 Å². The molecule has 1 aliphatic rings. The average molecular weight is 345 g/mol. The molecule has 0 radical (unpaired) electrons. The summed E-state index contributed by atoms with van der Waals surface area (Å²) in [4.78, 5) is 23.6. The zero-order chi connectivity index (χ0) is 17.6. The number of Topliss-reactive ketones (excluding diaryl/α,β-unsaturated/α-hetero) is 1. The minimum atomic E-state index is -0.130. The molecule has 3 rings (SSSR count). The monoisotopic (exact) mass is 345 g/mol. The van der Waals surface area contributed by atoms with Crippen molar-refractivity contribution in [1.29, 1.82) is 0 Å². The molecule has 3 heterocycles. The maximum Gasteiger partial charge on any atom is 0.220 e. The van der Waals surface area contributed by atoms with E-state index in [9.17, 15) is 9.59 Å². The molecule has 134 valence electrons. The fraction of sp³-hybridized carbons (Fsp3) is 0.500. The van der Waals surface area contributed by atoms with Crippen LogP contribution in [-0.4, -0.2) is 29.9 Å². The van der Waals surface area contributed by atoms with Crippen LogP contribution in [0.5, 0.6) is 0 Å². The summed E-state index contributed by atoms with van der Waals surface area (Å²) in [7, 11) is 0. The lowest BCUT2D eigenvalue weighted by atomic mass is 9.81. The van der Waals surface area contributed by atoms with Crippen LogP contribution in [0.25, 0.3) is 0 Å². The van der Waals surface area contributed by atoms with E-state index in [2.05, 4.69) is 15.8 Å². The van der Waals surface area contributed by atoms with E-state index >= 15 is 0 Å². The third-order valence-electron chi connectivity index (χ3n) is 4.63. The van der Waals surface area contributed by atoms with E-state index < -0.39 is 0 Å². The summed E-state index contributed by atoms with van der Waals surface area (Å²) in [5, 5.41) is 10.3. The first-order valence-electron chi connectivity index (χ1n) is 8.58. The SMILES string of the molecule is CC(=O)c1cc(CC2CNCCC2CC(=O)NCc2ccco2)no1. The van der Waals surface area contributed by atoms with Crippen molar-refractivity contribution >= 4 is 11.7 Å². The second kappa shape index (κ2) is 8.11. The highest BCUT2D eigenvalue weighted by Crippen LogP contribution is 2.26. The molecule has 2 aromatic rings. The standard InChI is InChI=1S/C18H23N3O4/c1-12(22)17-9-15(21-25-17)7-14-10-19-5-4-13(14)8-18(23)20-11-16-3-2-6-24-16/h2-3,6,9,13-14,19H,4-5,7-8,10-11H2,1H3,(H,20,23). The number of nitrogens with zero attached hydrogens (tertiary/aromatic N) is 1. The number of aromatic nitrogens is 1. The summed E-state index contributed by atoms with van der Waals surface area (Å²) in [5.74, 6) is 1.48. The van der Waals surface area contributed by atoms with Gasteiger partial charge in [-0.3, -0.25) is 9.59 Å². The Bertz CT molecular complexity index is 708. The van der Waals surface area contributed by atoms with E-state index in [1.54, 1.807) is 18.4 Å². The van der Waals surface area contributed by atoms with Crippen molar-refractivity contribution in [2.45, 2.75) is 32.7 Å². The number of carbonyl (C=O) groups excluding carboxylic acids is 2. The van der Waals surface area contributed by atoms with Gasteiger partial charge < -0.3 is 19.6 Å². The molecule has 1 fully saturated rings. The molecule has 2 unspecified atom stereocenters. The van der Waals surface area contributed by atoms with Crippen molar-refractivity contribution in [2.75, 3.05) is 13.1 Å². The van der Waals surface area contributed by atoms with E-state index in [0.29, 0.717) is 19.4 Å². The van der Waals surface area contributed by atoms with Gasteiger partial charge in [-0.15, -0.1) is 0 Å². The molecule has 2 N–H and O–H groups in total. The van der Waals surface area contributed by atoms with Crippen LogP contribution in [-0.2, 0) is 17.8 Å². The first kappa shape index (κ1) is 17.4. The minimum Gasteiger partial charge on any atom is -0.467 e. The van der Waals surface area contributed by atoms with Gasteiger partial charge in [-0.05, 0) is 49.9 Å². The molecular weight excluding hydrogens is 322 g/mol. The number of carbonyl (C=O) groups is 2. The number of piperidine rings is 1. The Morgan fingerprint density at radius 3 is 3.00 bits per heavy atom. The van der Waals surface area contributed by atoms with Crippen LogP contribution in [0.4, 0.5) is 0 Å². The number of amides is 1. The molecular formula is C18H23N3O4. The number of nitrogens with one attached hydrogen (secondary N) is 2. The van der Waals surface area contributed by atoms with Crippen molar-refractivity contribution in [3.8, 4) is 0 Å². The van der Waals surface area contributed by atoms with E-state index in [-0.39, 0.29) is 29.3 Å². The molecule has 0 aromatic carbocycles. The van der Waals surface area contributed by atoms with Gasteiger partial charge in [-0.25, -0.2) is 0 Å². The van der Waals surface area contributed by atoms with Crippen LogP contribution in [0.1, 0.15) is 41.8 Å². The average Bonchev–Trinajstić information content (AvgIpc) is 3.26. The summed E-state index contributed by atoms with van der Waals surface area (Å²) in [6.45, 7) is 3.61. The summed E-state index contributed by atoms with van der Waals surface area (Å²) in [5.41, 5.74) is 0.764. The number of hydrogen-bond acceptors (Lipinski definition) is 6. The summed E-state index contributed by atoms with van der Waals surface area (Å²) < 4.78 is 10.3. The highest BCUT2D eigenvalue weighted by Gasteiger charge is 2.28. The molecule has 0 aliphatic carbocycles. The molecule has 7 heteroatoms. The van der Waals surface area contributed by atoms with Gasteiger partial charge in [0, 0.05) is 19.4 Å². The molecule has 2 atom stereocenters. The lowest BCUT2D eigenvalue weighted by Gasteiger charge is -2.31. The van der Waals surface area contributed by atoms with Crippen LogP contribution in [0.2, 0.25) is 0 Å². The normalized spacial score (nSPS) is 20.4. The Labute approximate surface area is 146 Å². The highest BCUT2D eigenvalue weighted by atomic mass is 16.5. The lowest BCUT2D eigenvalue weighted by Crippen LogP contribution is -2.40. The Morgan fingerprint density at radius 1 is 1.40 bits per heavy atom. The second-order valence-corrected chi connectivity index (χ2v) is 6.52. The Balaban J connectivity index is 1.54. The first-order valence-corrected chi connectivity index (χ1v) is 8.58. The molecule has 25 heavy (non-hydrogen) atoms. The van der Waals surface area contributed by atoms with Crippen molar-refractivity contribution < 1.29 is 18.5 Å². The van der Waals surface area contributed by atoms with Crippen molar-refractivity contribution in [1.82, 2.24) is 15.8 Å². The molecule has 0 spiro atoms. The Morgan fingerprint density at radius 2 is 2.28 bits per heavy atom. The van der Waals surface area contributed by atoms with Crippen LogP contribution < -0.4 is 10.6 Å². The molecule has 1 aliphatic heterocycles. The van der Waals surface area contributed by atoms with Crippen molar-refractivity contribution in [3.63, 3.8) is 0 Å². The van der Waals surface area contributed by atoms with Crippen LogP contribution >= 0.6 is 0 Å². The van der Waals surface area contributed by atoms with E-state index in [4.69, 9.17) is 8.94 Å². The summed E-state index contributed by atoms with van der Waals surface area (Å²) in [6.07, 6.45) is 3.71. The van der Waals surface area contributed by atoms with Gasteiger partial charge in [-0.1, -0.05) is 5.16 Å².